The smallest absolute Gasteiger partial charge is 0.305 e. The fourth-order valence-corrected chi connectivity index (χ4v) is 3.48. The maximum absolute atomic E-state index is 11.1. The number of esters is 2. The highest BCUT2D eigenvalue weighted by atomic mass is 16.5. The first-order valence-electron chi connectivity index (χ1n) is 10.9. The van der Waals surface area contributed by atoms with E-state index in [9.17, 15) is 9.59 Å². The van der Waals surface area contributed by atoms with E-state index in [0.29, 0.717) is 12.8 Å². The van der Waals surface area contributed by atoms with Crippen LogP contribution in [-0.2, 0) is 31.9 Å². The second-order valence-electron chi connectivity index (χ2n) is 7.46. The lowest BCUT2D eigenvalue weighted by Crippen LogP contribution is -1.99. The van der Waals surface area contributed by atoms with Crippen LogP contribution in [0.3, 0.4) is 0 Å². The summed E-state index contributed by atoms with van der Waals surface area (Å²) < 4.78 is 9.33. The van der Waals surface area contributed by atoms with Crippen LogP contribution in [0.15, 0.2) is 24.3 Å². The van der Waals surface area contributed by atoms with E-state index in [-0.39, 0.29) is 11.9 Å². The third-order valence-electron chi connectivity index (χ3n) is 5.23. The third kappa shape index (κ3) is 11.8. The van der Waals surface area contributed by atoms with E-state index < -0.39 is 0 Å². The summed E-state index contributed by atoms with van der Waals surface area (Å²) in [4.78, 5) is 22.2. The Morgan fingerprint density at radius 2 is 0.964 bits per heavy atom. The summed E-state index contributed by atoms with van der Waals surface area (Å²) in [6, 6.07) is 8.82. The first-order chi connectivity index (χ1) is 13.7. The van der Waals surface area contributed by atoms with Gasteiger partial charge in [-0.3, -0.25) is 9.59 Å². The van der Waals surface area contributed by atoms with Gasteiger partial charge in [-0.1, -0.05) is 62.8 Å². The average Bonchev–Trinajstić information content (AvgIpc) is 2.72. The van der Waals surface area contributed by atoms with Gasteiger partial charge in [0.05, 0.1) is 14.2 Å². The van der Waals surface area contributed by atoms with E-state index in [2.05, 4.69) is 33.7 Å². The van der Waals surface area contributed by atoms with Crippen molar-refractivity contribution in [1.29, 1.82) is 0 Å². The van der Waals surface area contributed by atoms with Crippen LogP contribution < -0.4 is 0 Å². The number of benzene rings is 1. The molecule has 0 bridgehead atoms. The first kappa shape index (κ1) is 24.2. The minimum absolute atomic E-state index is 0.0996. The summed E-state index contributed by atoms with van der Waals surface area (Å²) in [6.45, 7) is 0. The Balaban J connectivity index is 2.13. The second kappa shape index (κ2) is 16.1. The van der Waals surface area contributed by atoms with Crippen molar-refractivity contribution >= 4 is 11.9 Å². The van der Waals surface area contributed by atoms with Crippen molar-refractivity contribution < 1.29 is 19.1 Å². The SMILES string of the molecule is COC(=O)CCCCCCCc1ccccc1CCCCCCCC(=O)OC. The number of rotatable bonds is 16. The van der Waals surface area contributed by atoms with Gasteiger partial charge in [-0.2, -0.15) is 0 Å². The van der Waals surface area contributed by atoms with E-state index in [1.807, 2.05) is 0 Å². The number of methoxy groups -OCH3 is 2. The summed E-state index contributed by atoms with van der Waals surface area (Å²) >= 11 is 0. The zero-order valence-corrected chi connectivity index (χ0v) is 17.8. The van der Waals surface area contributed by atoms with Crippen molar-refractivity contribution in [1.82, 2.24) is 0 Å². The molecular formula is C24H38O4. The van der Waals surface area contributed by atoms with E-state index in [1.165, 1.54) is 63.9 Å². The Kier molecular flexibility index (Phi) is 14.0. The summed E-state index contributed by atoms with van der Waals surface area (Å²) in [5.74, 6) is -0.199. The number of hydrogen-bond donors (Lipinski definition) is 0. The van der Waals surface area contributed by atoms with Crippen LogP contribution in [0.1, 0.15) is 88.2 Å². The molecule has 4 heteroatoms. The van der Waals surface area contributed by atoms with Crippen LogP contribution in [0.2, 0.25) is 0 Å². The highest BCUT2D eigenvalue weighted by Crippen LogP contribution is 2.17. The molecule has 0 atom stereocenters. The lowest BCUT2D eigenvalue weighted by Gasteiger charge is -2.10. The molecule has 0 amide bonds. The molecule has 0 N–H and O–H groups in total. The number of ether oxygens (including phenoxy) is 2. The van der Waals surface area contributed by atoms with Crippen LogP contribution in [-0.4, -0.2) is 26.2 Å². The second-order valence-corrected chi connectivity index (χ2v) is 7.46. The summed E-state index contributed by atoms with van der Waals surface area (Å²) in [6.07, 6.45) is 14.7. The summed E-state index contributed by atoms with van der Waals surface area (Å²) in [5.41, 5.74) is 2.98. The van der Waals surface area contributed by atoms with Crippen LogP contribution in [0.25, 0.3) is 0 Å². The van der Waals surface area contributed by atoms with Gasteiger partial charge in [-0.05, 0) is 49.7 Å². The zero-order valence-electron chi connectivity index (χ0n) is 17.8. The van der Waals surface area contributed by atoms with Crippen molar-refractivity contribution in [3.05, 3.63) is 35.4 Å². The van der Waals surface area contributed by atoms with E-state index in [0.717, 1.165) is 38.5 Å². The van der Waals surface area contributed by atoms with Crippen molar-refractivity contribution in [2.24, 2.45) is 0 Å². The molecule has 0 fully saturated rings. The third-order valence-corrected chi connectivity index (χ3v) is 5.23. The fourth-order valence-electron chi connectivity index (χ4n) is 3.48. The maximum atomic E-state index is 11.1. The molecular weight excluding hydrogens is 352 g/mol. The van der Waals surface area contributed by atoms with Gasteiger partial charge >= 0.3 is 11.9 Å². The van der Waals surface area contributed by atoms with Gasteiger partial charge in [-0.15, -0.1) is 0 Å². The van der Waals surface area contributed by atoms with Gasteiger partial charge in [0.1, 0.15) is 0 Å². The number of carbonyl (C=O) groups excluding carboxylic acids is 2. The minimum atomic E-state index is -0.0996. The largest absolute Gasteiger partial charge is 0.469 e. The molecule has 1 aromatic carbocycles. The van der Waals surface area contributed by atoms with Gasteiger partial charge in [0.25, 0.3) is 0 Å². The van der Waals surface area contributed by atoms with Crippen LogP contribution in [0.4, 0.5) is 0 Å². The maximum Gasteiger partial charge on any atom is 0.305 e. The van der Waals surface area contributed by atoms with E-state index in [4.69, 9.17) is 0 Å². The Bertz CT molecular complexity index is 504. The molecule has 0 heterocycles. The summed E-state index contributed by atoms with van der Waals surface area (Å²) in [5, 5.41) is 0. The monoisotopic (exact) mass is 390 g/mol. The fraction of sp³-hybridized carbons (Fsp3) is 0.667. The standard InChI is InChI=1S/C24H38O4/c1-27-23(25)19-11-7-3-5-9-15-21-17-13-14-18-22(21)16-10-6-4-8-12-20-24(26)28-2/h13-14,17-18H,3-12,15-16,19-20H2,1-2H3. The molecule has 0 unspecified atom stereocenters. The molecule has 0 aliphatic heterocycles. The van der Waals surface area contributed by atoms with Crippen molar-refractivity contribution in [3.8, 4) is 0 Å². The molecule has 0 saturated heterocycles. The number of unbranched alkanes of at least 4 members (excludes halogenated alkanes) is 8. The van der Waals surface area contributed by atoms with Crippen molar-refractivity contribution in [2.75, 3.05) is 14.2 Å². The Hall–Kier alpha value is -1.84. The quantitative estimate of drug-likeness (QED) is 0.264. The topological polar surface area (TPSA) is 52.6 Å². The highest BCUT2D eigenvalue weighted by molar-refractivity contribution is 5.69. The molecule has 0 radical (unpaired) electrons. The Labute approximate surface area is 171 Å². The molecule has 28 heavy (non-hydrogen) atoms. The highest BCUT2D eigenvalue weighted by Gasteiger charge is 2.04. The Morgan fingerprint density at radius 3 is 1.36 bits per heavy atom. The van der Waals surface area contributed by atoms with Gasteiger partial charge < -0.3 is 9.47 Å². The average molecular weight is 391 g/mol. The molecule has 0 aromatic heterocycles. The van der Waals surface area contributed by atoms with Crippen LogP contribution in [0.5, 0.6) is 0 Å². The molecule has 0 saturated carbocycles. The van der Waals surface area contributed by atoms with Gasteiger partial charge in [-0.25, -0.2) is 0 Å². The molecule has 0 spiro atoms. The van der Waals surface area contributed by atoms with E-state index >= 15 is 0 Å². The number of carbonyl (C=O) groups is 2. The van der Waals surface area contributed by atoms with Crippen LogP contribution >= 0.6 is 0 Å². The molecule has 4 nitrogen and oxygen atoms in total. The molecule has 1 rings (SSSR count). The van der Waals surface area contributed by atoms with Gasteiger partial charge in [0.15, 0.2) is 0 Å². The first-order valence-corrected chi connectivity index (χ1v) is 10.9. The Morgan fingerprint density at radius 1 is 0.607 bits per heavy atom. The van der Waals surface area contributed by atoms with Crippen LogP contribution in [0, 0.1) is 0 Å². The lowest BCUT2D eigenvalue weighted by molar-refractivity contribution is -0.141. The van der Waals surface area contributed by atoms with E-state index in [1.54, 1.807) is 0 Å². The predicted octanol–water partition coefficient (Wildman–Crippen LogP) is 5.80. The molecule has 0 aliphatic carbocycles. The van der Waals surface area contributed by atoms with Crippen molar-refractivity contribution in [2.45, 2.75) is 89.9 Å². The predicted molar refractivity (Wildman–Crippen MR) is 113 cm³/mol. The number of aryl methyl sites for hydroxylation is 2. The van der Waals surface area contributed by atoms with Crippen molar-refractivity contribution in [3.63, 3.8) is 0 Å². The lowest BCUT2D eigenvalue weighted by atomic mass is 9.96. The van der Waals surface area contributed by atoms with Gasteiger partial charge in [0.2, 0.25) is 0 Å². The van der Waals surface area contributed by atoms with Gasteiger partial charge in [0, 0.05) is 12.8 Å². The molecule has 158 valence electrons. The summed E-state index contributed by atoms with van der Waals surface area (Å²) in [7, 11) is 2.90. The minimum Gasteiger partial charge on any atom is -0.469 e. The number of hydrogen-bond acceptors (Lipinski definition) is 4. The normalized spacial score (nSPS) is 10.6. The molecule has 0 aliphatic rings. The zero-order chi connectivity index (χ0) is 20.5. The molecule has 1 aromatic rings.